The van der Waals surface area contributed by atoms with Crippen molar-refractivity contribution in [2.75, 3.05) is 0 Å². The Labute approximate surface area is 156 Å². The van der Waals surface area contributed by atoms with Gasteiger partial charge in [0.05, 0.1) is 6.42 Å². The summed E-state index contributed by atoms with van der Waals surface area (Å²) in [7, 11) is 2.01. The van der Waals surface area contributed by atoms with E-state index in [2.05, 4.69) is 44.5 Å². The Morgan fingerprint density at radius 3 is 2.92 bits per heavy atom. The number of hydrogen-bond acceptors (Lipinski definition) is 3. The van der Waals surface area contributed by atoms with E-state index >= 15 is 0 Å². The maximum Gasteiger partial charge on any atom is 0.224 e. The highest BCUT2D eigenvalue weighted by Crippen LogP contribution is 2.22. The molecule has 0 bridgehead atoms. The van der Waals surface area contributed by atoms with Crippen molar-refractivity contribution in [2.45, 2.75) is 13.0 Å². The maximum absolute atomic E-state index is 12.4. The molecule has 5 heteroatoms. The number of benzene rings is 1. The SMILES string of the molecule is Cn1cc(CC(=O)NCc2cncc(-c3ccsc3)c2)c2ccccc21. The number of carbonyl (C=O) groups is 1. The number of nitrogens with zero attached hydrogens (tertiary/aromatic N) is 2. The number of rotatable bonds is 5. The van der Waals surface area contributed by atoms with Gasteiger partial charge in [-0.2, -0.15) is 11.3 Å². The molecule has 0 aliphatic rings. The van der Waals surface area contributed by atoms with E-state index < -0.39 is 0 Å². The normalized spacial score (nSPS) is 11.0. The lowest BCUT2D eigenvalue weighted by atomic mass is 10.1. The lowest BCUT2D eigenvalue weighted by Crippen LogP contribution is -2.24. The molecule has 4 aromatic rings. The topological polar surface area (TPSA) is 46.9 Å². The van der Waals surface area contributed by atoms with Crippen molar-refractivity contribution >= 4 is 28.1 Å². The van der Waals surface area contributed by atoms with Gasteiger partial charge in [0.2, 0.25) is 5.91 Å². The van der Waals surface area contributed by atoms with Crippen LogP contribution in [0.2, 0.25) is 0 Å². The van der Waals surface area contributed by atoms with Crippen molar-refractivity contribution in [3.63, 3.8) is 0 Å². The molecule has 1 amide bonds. The summed E-state index contributed by atoms with van der Waals surface area (Å²) in [5.74, 6) is 0.0160. The quantitative estimate of drug-likeness (QED) is 0.580. The number of carbonyl (C=O) groups excluding carboxylic acids is 1. The lowest BCUT2D eigenvalue weighted by molar-refractivity contribution is -0.120. The second-order valence-corrected chi connectivity index (χ2v) is 7.11. The third-order valence-electron chi connectivity index (χ3n) is 4.47. The molecule has 0 unspecified atom stereocenters. The molecule has 0 fully saturated rings. The summed E-state index contributed by atoms with van der Waals surface area (Å²) >= 11 is 1.66. The molecular formula is C21H19N3OS. The molecule has 0 radical (unpaired) electrons. The molecule has 0 aliphatic carbocycles. The second-order valence-electron chi connectivity index (χ2n) is 6.33. The van der Waals surface area contributed by atoms with Crippen LogP contribution in [0.4, 0.5) is 0 Å². The van der Waals surface area contributed by atoms with Gasteiger partial charge in [0.1, 0.15) is 0 Å². The smallest absolute Gasteiger partial charge is 0.224 e. The average Bonchev–Trinajstić information content (AvgIpc) is 3.30. The summed E-state index contributed by atoms with van der Waals surface area (Å²) in [6, 6.07) is 12.3. The van der Waals surface area contributed by atoms with E-state index in [0.717, 1.165) is 33.2 Å². The van der Waals surface area contributed by atoms with Gasteiger partial charge in [0.25, 0.3) is 0 Å². The first-order valence-corrected chi connectivity index (χ1v) is 9.41. The van der Waals surface area contributed by atoms with Gasteiger partial charge in [0, 0.05) is 48.6 Å². The highest BCUT2D eigenvalue weighted by Gasteiger charge is 2.10. The predicted octanol–water partition coefficient (Wildman–Crippen LogP) is 4.16. The summed E-state index contributed by atoms with van der Waals surface area (Å²) in [5, 5.41) is 8.29. The van der Waals surface area contributed by atoms with E-state index in [4.69, 9.17) is 0 Å². The Bertz CT molecular complexity index is 1050. The summed E-state index contributed by atoms with van der Waals surface area (Å²) in [4.78, 5) is 16.7. The number of nitrogens with one attached hydrogen (secondary N) is 1. The molecule has 0 saturated carbocycles. The zero-order valence-corrected chi connectivity index (χ0v) is 15.3. The van der Waals surface area contributed by atoms with Gasteiger partial charge >= 0.3 is 0 Å². The minimum atomic E-state index is 0.0160. The van der Waals surface area contributed by atoms with E-state index in [1.807, 2.05) is 37.0 Å². The van der Waals surface area contributed by atoms with Crippen LogP contribution in [-0.2, 0) is 24.8 Å². The van der Waals surface area contributed by atoms with Crippen LogP contribution in [0.25, 0.3) is 22.0 Å². The van der Waals surface area contributed by atoms with E-state index in [1.165, 1.54) is 0 Å². The molecule has 3 heterocycles. The van der Waals surface area contributed by atoms with Gasteiger partial charge in [-0.25, -0.2) is 0 Å². The zero-order valence-electron chi connectivity index (χ0n) is 14.5. The van der Waals surface area contributed by atoms with Crippen LogP contribution in [0.1, 0.15) is 11.1 Å². The first-order chi connectivity index (χ1) is 12.7. The summed E-state index contributed by atoms with van der Waals surface area (Å²) in [6.07, 6.45) is 6.06. The Morgan fingerprint density at radius 1 is 1.19 bits per heavy atom. The van der Waals surface area contributed by atoms with Crippen LogP contribution in [0, 0.1) is 0 Å². The molecular weight excluding hydrogens is 342 g/mol. The van der Waals surface area contributed by atoms with Crippen LogP contribution in [0.5, 0.6) is 0 Å². The Balaban J connectivity index is 1.43. The number of amides is 1. The molecule has 4 nitrogen and oxygen atoms in total. The number of aromatic nitrogens is 2. The molecule has 0 saturated heterocycles. The van der Waals surface area contributed by atoms with Crippen LogP contribution in [0.15, 0.2) is 65.7 Å². The largest absolute Gasteiger partial charge is 0.352 e. The first-order valence-electron chi connectivity index (χ1n) is 8.47. The lowest BCUT2D eigenvalue weighted by Gasteiger charge is -2.06. The van der Waals surface area contributed by atoms with Crippen molar-refractivity contribution in [1.82, 2.24) is 14.9 Å². The van der Waals surface area contributed by atoms with E-state index in [9.17, 15) is 4.79 Å². The van der Waals surface area contributed by atoms with Crippen molar-refractivity contribution in [3.05, 3.63) is 76.9 Å². The number of hydrogen-bond donors (Lipinski definition) is 1. The maximum atomic E-state index is 12.4. The molecule has 1 N–H and O–H groups in total. The van der Waals surface area contributed by atoms with Crippen LogP contribution < -0.4 is 5.32 Å². The van der Waals surface area contributed by atoms with Gasteiger partial charge in [-0.05, 0) is 45.6 Å². The average molecular weight is 361 g/mol. The van der Waals surface area contributed by atoms with Gasteiger partial charge in [-0.15, -0.1) is 0 Å². The Morgan fingerprint density at radius 2 is 2.08 bits per heavy atom. The predicted molar refractivity (Wildman–Crippen MR) is 106 cm³/mol. The molecule has 0 aliphatic heterocycles. The number of thiophene rings is 1. The fraction of sp³-hybridized carbons (Fsp3) is 0.143. The Hall–Kier alpha value is -2.92. The fourth-order valence-corrected chi connectivity index (χ4v) is 3.84. The van der Waals surface area contributed by atoms with E-state index in [-0.39, 0.29) is 5.91 Å². The molecule has 1 aromatic carbocycles. The molecule has 3 aromatic heterocycles. The number of fused-ring (bicyclic) bond motifs is 1. The van der Waals surface area contributed by atoms with Gasteiger partial charge in [-0.1, -0.05) is 18.2 Å². The molecule has 0 spiro atoms. The van der Waals surface area contributed by atoms with Crippen LogP contribution >= 0.6 is 11.3 Å². The van der Waals surface area contributed by atoms with Crippen molar-refractivity contribution < 1.29 is 4.79 Å². The molecule has 26 heavy (non-hydrogen) atoms. The number of aryl methyl sites for hydroxylation is 1. The van der Waals surface area contributed by atoms with Crippen molar-refractivity contribution in [3.8, 4) is 11.1 Å². The van der Waals surface area contributed by atoms with E-state index in [0.29, 0.717) is 13.0 Å². The number of para-hydroxylation sites is 1. The zero-order chi connectivity index (χ0) is 17.9. The fourth-order valence-electron chi connectivity index (χ4n) is 3.17. The van der Waals surface area contributed by atoms with Gasteiger partial charge in [-0.3, -0.25) is 9.78 Å². The summed E-state index contributed by atoms with van der Waals surface area (Å²) in [5.41, 5.74) is 5.42. The minimum Gasteiger partial charge on any atom is -0.352 e. The highest BCUT2D eigenvalue weighted by molar-refractivity contribution is 7.08. The van der Waals surface area contributed by atoms with Gasteiger partial charge < -0.3 is 9.88 Å². The summed E-state index contributed by atoms with van der Waals surface area (Å²) in [6.45, 7) is 0.481. The standard InChI is InChI=1S/C21H19N3OS/c1-24-13-18(19-4-2-3-5-20(19)24)9-21(25)23-11-15-8-17(12-22-10-15)16-6-7-26-14-16/h2-8,10,12-14H,9,11H2,1H3,(H,23,25). The monoisotopic (exact) mass is 361 g/mol. The minimum absolute atomic E-state index is 0.0160. The van der Waals surface area contributed by atoms with Gasteiger partial charge in [0.15, 0.2) is 0 Å². The van der Waals surface area contributed by atoms with Crippen molar-refractivity contribution in [1.29, 1.82) is 0 Å². The summed E-state index contributed by atoms with van der Waals surface area (Å²) < 4.78 is 2.06. The number of pyridine rings is 1. The van der Waals surface area contributed by atoms with E-state index in [1.54, 1.807) is 17.5 Å². The molecule has 130 valence electrons. The third-order valence-corrected chi connectivity index (χ3v) is 5.15. The van der Waals surface area contributed by atoms with Crippen LogP contribution in [0.3, 0.4) is 0 Å². The highest BCUT2D eigenvalue weighted by atomic mass is 32.1. The van der Waals surface area contributed by atoms with Crippen molar-refractivity contribution in [2.24, 2.45) is 7.05 Å². The Kier molecular flexibility index (Phi) is 4.54. The van der Waals surface area contributed by atoms with Crippen LogP contribution in [-0.4, -0.2) is 15.5 Å². The molecule has 0 atom stereocenters. The third kappa shape index (κ3) is 3.39. The molecule has 4 rings (SSSR count). The first kappa shape index (κ1) is 16.5. The second kappa shape index (κ2) is 7.14.